The fourth-order valence-corrected chi connectivity index (χ4v) is 7.17. The van der Waals surface area contributed by atoms with Crippen LogP contribution in [0.5, 0.6) is 17.2 Å². The number of carbonyl (C=O) groups excluding carboxylic acids is 4. The van der Waals surface area contributed by atoms with Gasteiger partial charge in [0.05, 0.1) is 26.1 Å². The molecule has 0 radical (unpaired) electrons. The van der Waals surface area contributed by atoms with Gasteiger partial charge < -0.3 is 14.6 Å². The van der Waals surface area contributed by atoms with Crippen molar-refractivity contribution in [3.63, 3.8) is 0 Å². The SMILES string of the molecule is COc1cc(C=CC2C3=CCC4C(=O)N(O)C(=O)C4C3CC3(Cl)C(=O)N(C)C(=O)C23Cl)cc(OC)c1O. The van der Waals surface area contributed by atoms with Crippen LogP contribution in [0.2, 0.25) is 0 Å². The Labute approximate surface area is 222 Å². The van der Waals surface area contributed by atoms with Crippen molar-refractivity contribution in [1.82, 2.24) is 9.96 Å². The maximum atomic E-state index is 13.4. The molecule has 12 heteroatoms. The average Bonchev–Trinajstić information content (AvgIpc) is 3.18. The van der Waals surface area contributed by atoms with Crippen LogP contribution in [0.4, 0.5) is 0 Å². The minimum atomic E-state index is -1.90. The predicted octanol–water partition coefficient (Wildman–Crippen LogP) is 2.33. The summed E-state index contributed by atoms with van der Waals surface area (Å²) in [5, 5.41) is 20.4. The largest absolute Gasteiger partial charge is 0.502 e. The summed E-state index contributed by atoms with van der Waals surface area (Å²) in [7, 11) is 4.07. The van der Waals surface area contributed by atoms with Gasteiger partial charge in [0, 0.05) is 13.0 Å². The van der Waals surface area contributed by atoms with Crippen molar-refractivity contribution in [3.05, 3.63) is 35.4 Å². The molecular weight excluding hydrogens is 527 g/mol. The molecule has 4 amide bonds. The Hall–Kier alpha value is -3.08. The molecule has 6 atom stereocenters. The number of nitrogens with zero attached hydrogens (tertiary/aromatic N) is 2. The molecule has 4 aliphatic rings. The summed E-state index contributed by atoms with van der Waals surface area (Å²) >= 11 is 14.0. The summed E-state index contributed by atoms with van der Waals surface area (Å²) in [4.78, 5) is 49.1. The van der Waals surface area contributed by atoms with E-state index in [4.69, 9.17) is 32.7 Å². The van der Waals surface area contributed by atoms with Gasteiger partial charge in [0.15, 0.2) is 21.2 Å². The topological polar surface area (TPSA) is 134 Å². The van der Waals surface area contributed by atoms with Crippen molar-refractivity contribution >= 4 is 52.9 Å². The molecule has 2 N–H and O–H groups in total. The first-order valence-electron chi connectivity index (χ1n) is 11.5. The van der Waals surface area contributed by atoms with E-state index < -0.39 is 57.0 Å². The molecule has 0 spiro atoms. The highest BCUT2D eigenvalue weighted by atomic mass is 35.5. The first kappa shape index (κ1) is 25.6. The van der Waals surface area contributed by atoms with Gasteiger partial charge in [0.1, 0.15) is 0 Å². The molecule has 2 aliphatic heterocycles. The Balaban J connectivity index is 1.66. The first-order chi connectivity index (χ1) is 17.4. The summed E-state index contributed by atoms with van der Waals surface area (Å²) in [6.07, 6.45) is 5.00. The Kier molecular flexibility index (Phi) is 5.85. The van der Waals surface area contributed by atoms with Gasteiger partial charge >= 0.3 is 0 Å². The standard InChI is InChI=1S/C25H24Cl2N2O8/c1-28-22(33)24(26)10-14-12(5-6-13-18(14)21(32)29(35)20(13)31)15(25(24,27)23(28)34)7-4-11-8-16(36-2)19(30)17(9-11)37-3/h4-5,7-9,13-15,18,30,35H,6,10H2,1-3H3. The fraction of sp³-hybridized carbons (Fsp3) is 0.440. The number of imide groups is 2. The minimum Gasteiger partial charge on any atom is -0.502 e. The lowest BCUT2D eigenvalue weighted by molar-refractivity contribution is -0.173. The lowest BCUT2D eigenvalue weighted by Crippen LogP contribution is -2.60. The lowest BCUT2D eigenvalue weighted by Gasteiger charge is -2.49. The predicted molar refractivity (Wildman–Crippen MR) is 130 cm³/mol. The minimum absolute atomic E-state index is 0.128. The molecule has 5 rings (SSSR count). The van der Waals surface area contributed by atoms with Crippen LogP contribution >= 0.6 is 23.2 Å². The van der Waals surface area contributed by atoms with E-state index in [1.54, 1.807) is 30.4 Å². The zero-order valence-electron chi connectivity index (χ0n) is 20.1. The first-order valence-corrected chi connectivity index (χ1v) is 12.3. The number of allylic oxidation sites excluding steroid dienone is 3. The van der Waals surface area contributed by atoms with E-state index in [0.29, 0.717) is 11.1 Å². The van der Waals surface area contributed by atoms with Gasteiger partial charge in [-0.15, -0.1) is 23.2 Å². The molecule has 2 heterocycles. The van der Waals surface area contributed by atoms with Gasteiger partial charge in [-0.05, 0) is 36.5 Å². The molecule has 0 bridgehead atoms. The van der Waals surface area contributed by atoms with Crippen LogP contribution in [-0.2, 0) is 19.2 Å². The number of phenols is 1. The zero-order chi connectivity index (χ0) is 27.0. The molecular formula is C25H24Cl2N2O8. The van der Waals surface area contributed by atoms with E-state index >= 15 is 0 Å². The quantitative estimate of drug-likeness (QED) is 0.252. The van der Waals surface area contributed by atoms with Crippen LogP contribution < -0.4 is 9.47 Å². The van der Waals surface area contributed by atoms with Gasteiger partial charge in [-0.25, -0.2) is 0 Å². The van der Waals surface area contributed by atoms with Crippen molar-refractivity contribution in [3.8, 4) is 17.2 Å². The number of ether oxygens (including phenoxy) is 2. The van der Waals surface area contributed by atoms with Gasteiger partial charge in [-0.2, -0.15) is 5.06 Å². The van der Waals surface area contributed by atoms with E-state index in [1.807, 2.05) is 0 Å². The van der Waals surface area contributed by atoms with E-state index in [2.05, 4.69) is 0 Å². The highest BCUT2D eigenvalue weighted by Crippen LogP contribution is 2.62. The number of benzene rings is 1. The van der Waals surface area contributed by atoms with Crippen LogP contribution in [-0.4, -0.2) is 74.9 Å². The normalized spacial score (nSPS) is 35.0. The number of rotatable bonds is 4. The number of amides is 4. The van der Waals surface area contributed by atoms with Crippen molar-refractivity contribution in [2.45, 2.75) is 22.6 Å². The van der Waals surface area contributed by atoms with Gasteiger partial charge in [-0.1, -0.05) is 23.8 Å². The summed E-state index contributed by atoms with van der Waals surface area (Å²) in [5.41, 5.74) is 1.12. The van der Waals surface area contributed by atoms with Gasteiger partial charge in [0.25, 0.3) is 23.6 Å². The molecule has 1 aromatic rings. The van der Waals surface area contributed by atoms with E-state index in [1.165, 1.54) is 21.3 Å². The summed E-state index contributed by atoms with van der Waals surface area (Å²) in [6, 6.07) is 3.09. The fourth-order valence-electron chi connectivity index (χ4n) is 6.19. The monoisotopic (exact) mass is 550 g/mol. The number of hydrogen-bond acceptors (Lipinski definition) is 8. The third kappa shape index (κ3) is 3.22. The second-order valence-electron chi connectivity index (χ2n) is 9.66. The number of alkyl halides is 2. The molecule has 6 unspecified atom stereocenters. The van der Waals surface area contributed by atoms with Crippen LogP contribution in [0.1, 0.15) is 18.4 Å². The molecule has 2 saturated heterocycles. The Bertz CT molecular complexity index is 1290. The maximum Gasteiger partial charge on any atom is 0.257 e. The van der Waals surface area contributed by atoms with Crippen LogP contribution in [0.3, 0.4) is 0 Å². The molecule has 10 nitrogen and oxygen atoms in total. The Morgan fingerprint density at radius 2 is 1.65 bits per heavy atom. The summed E-state index contributed by atoms with van der Waals surface area (Å²) in [6.45, 7) is 0. The number of hydroxylamine groups is 2. The number of phenolic OH excluding ortho intramolecular Hbond substituents is 1. The van der Waals surface area contributed by atoms with Gasteiger partial charge in [0.2, 0.25) is 5.75 Å². The molecule has 3 fully saturated rings. The third-order valence-electron chi connectivity index (χ3n) is 8.03. The van der Waals surface area contributed by atoms with Crippen molar-refractivity contribution < 1.29 is 39.0 Å². The number of halogens is 2. The molecule has 1 saturated carbocycles. The summed E-state index contributed by atoms with van der Waals surface area (Å²) < 4.78 is 10.4. The number of carbonyl (C=O) groups is 4. The molecule has 2 aliphatic carbocycles. The van der Waals surface area contributed by atoms with Crippen LogP contribution in [0.25, 0.3) is 6.08 Å². The van der Waals surface area contributed by atoms with Crippen LogP contribution in [0.15, 0.2) is 29.9 Å². The van der Waals surface area contributed by atoms with Crippen molar-refractivity contribution in [2.75, 3.05) is 21.3 Å². The Morgan fingerprint density at radius 3 is 2.24 bits per heavy atom. The average molecular weight is 551 g/mol. The Morgan fingerprint density at radius 1 is 1.03 bits per heavy atom. The maximum absolute atomic E-state index is 13.4. The highest BCUT2D eigenvalue weighted by molar-refractivity contribution is 6.53. The second kappa shape index (κ2) is 8.47. The van der Waals surface area contributed by atoms with E-state index in [9.17, 15) is 29.5 Å². The summed E-state index contributed by atoms with van der Waals surface area (Å²) in [5.74, 6) is -6.12. The number of aromatic hydroxyl groups is 1. The molecule has 1 aromatic carbocycles. The molecule has 0 aromatic heterocycles. The zero-order valence-corrected chi connectivity index (χ0v) is 21.6. The number of likely N-dealkylation sites (tertiary alicyclic amines) is 1. The molecule has 196 valence electrons. The van der Waals surface area contributed by atoms with Gasteiger partial charge in [-0.3, -0.25) is 29.3 Å². The lowest BCUT2D eigenvalue weighted by atomic mass is 9.57. The number of methoxy groups -OCH3 is 2. The number of fused-ring (bicyclic) bond motifs is 4. The second-order valence-corrected chi connectivity index (χ2v) is 10.9. The van der Waals surface area contributed by atoms with Crippen LogP contribution in [0, 0.1) is 23.7 Å². The van der Waals surface area contributed by atoms with E-state index in [-0.39, 0.29) is 35.2 Å². The third-order valence-corrected chi connectivity index (χ3v) is 9.46. The van der Waals surface area contributed by atoms with E-state index in [0.717, 1.165) is 4.90 Å². The van der Waals surface area contributed by atoms with Crippen molar-refractivity contribution in [1.29, 1.82) is 0 Å². The molecule has 37 heavy (non-hydrogen) atoms. The van der Waals surface area contributed by atoms with Crippen molar-refractivity contribution in [2.24, 2.45) is 23.7 Å². The smallest absolute Gasteiger partial charge is 0.257 e. The highest BCUT2D eigenvalue weighted by Gasteiger charge is 2.75. The number of hydrogen-bond donors (Lipinski definition) is 2.